The number of furan rings is 1. The molecule has 1 aliphatic carbocycles. The standard InChI is InChI=1S/C13H16N2O3S/c1-12(9-3-2-6-18-9)10(16)15(11(17)14-12)7-13(8-19)4-5-13/h2-3,6,19H,4-5,7-8H2,1H3,(H,14,17). The van der Waals surface area contributed by atoms with E-state index in [-0.39, 0.29) is 17.4 Å². The predicted molar refractivity (Wildman–Crippen MR) is 71.8 cm³/mol. The first-order valence-corrected chi connectivity index (χ1v) is 6.93. The minimum atomic E-state index is -1.09. The quantitative estimate of drug-likeness (QED) is 0.652. The number of nitrogens with zero attached hydrogens (tertiary/aromatic N) is 1. The third-order valence-corrected chi connectivity index (χ3v) is 4.75. The molecule has 1 saturated carbocycles. The monoisotopic (exact) mass is 280 g/mol. The van der Waals surface area contributed by atoms with E-state index in [2.05, 4.69) is 17.9 Å². The number of urea groups is 1. The number of carbonyl (C=O) groups is 2. The van der Waals surface area contributed by atoms with Crippen molar-refractivity contribution in [2.45, 2.75) is 25.3 Å². The Hall–Kier alpha value is -1.43. The number of nitrogens with one attached hydrogen (secondary N) is 1. The number of hydrogen-bond acceptors (Lipinski definition) is 4. The van der Waals surface area contributed by atoms with Crippen LogP contribution in [0.5, 0.6) is 0 Å². The Morgan fingerprint density at radius 1 is 1.47 bits per heavy atom. The highest BCUT2D eigenvalue weighted by Crippen LogP contribution is 2.48. The molecule has 1 aromatic heterocycles. The van der Waals surface area contributed by atoms with Gasteiger partial charge in [0.15, 0.2) is 5.54 Å². The maximum absolute atomic E-state index is 12.5. The first-order valence-electron chi connectivity index (χ1n) is 6.30. The van der Waals surface area contributed by atoms with Gasteiger partial charge in [-0.3, -0.25) is 9.69 Å². The molecule has 2 fully saturated rings. The molecule has 0 spiro atoms. The first kappa shape index (κ1) is 12.6. The molecular weight excluding hydrogens is 264 g/mol. The molecule has 5 nitrogen and oxygen atoms in total. The zero-order valence-corrected chi connectivity index (χ0v) is 11.6. The molecule has 1 aromatic rings. The van der Waals surface area contributed by atoms with E-state index >= 15 is 0 Å². The molecule has 1 aliphatic heterocycles. The van der Waals surface area contributed by atoms with Crippen molar-refractivity contribution in [1.82, 2.24) is 10.2 Å². The molecule has 1 unspecified atom stereocenters. The summed E-state index contributed by atoms with van der Waals surface area (Å²) in [6.45, 7) is 2.11. The maximum Gasteiger partial charge on any atom is 0.325 e. The van der Waals surface area contributed by atoms with Gasteiger partial charge in [-0.2, -0.15) is 12.6 Å². The van der Waals surface area contributed by atoms with Crippen LogP contribution in [0, 0.1) is 5.41 Å². The molecule has 102 valence electrons. The Balaban J connectivity index is 1.85. The second-order valence-electron chi connectivity index (χ2n) is 5.58. The predicted octanol–water partition coefficient (Wildman–Crippen LogP) is 1.76. The summed E-state index contributed by atoms with van der Waals surface area (Å²) in [4.78, 5) is 25.9. The fourth-order valence-corrected chi connectivity index (χ4v) is 2.87. The second kappa shape index (κ2) is 4.03. The molecule has 3 rings (SSSR count). The van der Waals surface area contributed by atoms with Crippen LogP contribution in [0.15, 0.2) is 22.8 Å². The van der Waals surface area contributed by atoms with E-state index in [9.17, 15) is 9.59 Å². The van der Waals surface area contributed by atoms with E-state index in [4.69, 9.17) is 4.42 Å². The normalized spacial score (nSPS) is 28.6. The molecule has 1 saturated heterocycles. The zero-order valence-electron chi connectivity index (χ0n) is 10.7. The van der Waals surface area contributed by atoms with Gasteiger partial charge in [0.1, 0.15) is 5.76 Å². The molecule has 0 bridgehead atoms. The molecule has 19 heavy (non-hydrogen) atoms. The Labute approximate surface area is 116 Å². The van der Waals surface area contributed by atoms with E-state index in [0.717, 1.165) is 12.8 Å². The highest BCUT2D eigenvalue weighted by molar-refractivity contribution is 7.80. The van der Waals surface area contributed by atoms with Crippen molar-refractivity contribution in [3.8, 4) is 0 Å². The van der Waals surface area contributed by atoms with Crippen LogP contribution in [-0.4, -0.2) is 29.1 Å². The first-order chi connectivity index (χ1) is 9.01. The maximum atomic E-state index is 12.5. The van der Waals surface area contributed by atoms with Gasteiger partial charge in [0.25, 0.3) is 5.91 Å². The van der Waals surface area contributed by atoms with Crippen molar-refractivity contribution < 1.29 is 14.0 Å². The van der Waals surface area contributed by atoms with Crippen LogP contribution >= 0.6 is 12.6 Å². The Morgan fingerprint density at radius 2 is 2.21 bits per heavy atom. The molecule has 2 heterocycles. The fourth-order valence-electron chi connectivity index (χ4n) is 2.45. The average Bonchev–Trinajstić information content (AvgIpc) is 2.86. The summed E-state index contributed by atoms with van der Waals surface area (Å²) in [7, 11) is 0. The van der Waals surface area contributed by atoms with Gasteiger partial charge in [0.2, 0.25) is 0 Å². The van der Waals surface area contributed by atoms with Gasteiger partial charge in [0.05, 0.1) is 6.26 Å². The Bertz CT molecular complexity index is 524. The third-order valence-electron chi connectivity index (χ3n) is 4.07. The van der Waals surface area contributed by atoms with Crippen molar-refractivity contribution in [2.24, 2.45) is 5.41 Å². The van der Waals surface area contributed by atoms with E-state index < -0.39 is 5.54 Å². The minimum absolute atomic E-state index is 0.0184. The summed E-state index contributed by atoms with van der Waals surface area (Å²) in [6.07, 6.45) is 3.54. The van der Waals surface area contributed by atoms with Crippen molar-refractivity contribution in [3.63, 3.8) is 0 Å². The number of imide groups is 1. The highest BCUT2D eigenvalue weighted by atomic mass is 32.1. The van der Waals surface area contributed by atoms with Crippen LogP contribution < -0.4 is 5.32 Å². The van der Waals surface area contributed by atoms with E-state index in [0.29, 0.717) is 18.1 Å². The lowest BCUT2D eigenvalue weighted by Crippen LogP contribution is -2.41. The third kappa shape index (κ3) is 1.85. The molecule has 6 heteroatoms. The van der Waals surface area contributed by atoms with Gasteiger partial charge in [-0.15, -0.1) is 0 Å². The SMILES string of the molecule is CC1(c2ccco2)NC(=O)N(CC2(CS)CC2)C1=O. The largest absolute Gasteiger partial charge is 0.466 e. The molecule has 0 aromatic carbocycles. The summed E-state index contributed by atoms with van der Waals surface area (Å²) in [5.74, 6) is 0.909. The summed E-state index contributed by atoms with van der Waals surface area (Å²) in [5, 5.41) is 2.73. The van der Waals surface area contributed by atoms with Gasteiger partial charge in [-0.25, -0.2) is 4.79 Å². The molecular formula is C13H16N2O3S. The fraction of sp³-hybridized carbons (Fsp3) is 0.538. The van der Waals surface area contributed by atoms with Crippen molar-refractivity contribution in [2.75, 3.05) is 12.3 Å². The lowest BCUT2D eigenvalue weighted by atomic mass is 9.99. The lowest BCUT2D eigenvalue weighted by Gasteiger charge is -2.21. The lowest BCUT2D eigenvalue weighted by molar-refractivity contribution is -0.132. The van der Waals surface area contributed by atoms with Gasteiger partial charge in [0, 0.05) is 6.54 Å². The van der Waals surface area contributed by atoms with Gasteiger partial charge < -0.3 is 9.73 Å². The molecule has 1 N–H and O–H groups in total. The number of thiol groups is 1. The second-order valence-corrected chi connectivity index (χ2v) is 5.90. The zero-order chi connectivity index (χ0) is 13.7. The molecule has 1 atom stereocenters. The van der Waals surface area contributed by atoms with Gasteiger partial charge in [-0.05, 0) is 43.1 Å². The van der Waals surface area contributed by atoms with Crippen LogP contribution in [0.4, 0.5) is 4.79 Å². The summed E-state index contributed by atoms with van der Waals surface area (Å²) in [5.41, 5.74) is -1.07. The summed E-state index contributed by atoms with van der Waals surface area (Å²) < 4.78 is 5.28. The van der Waals surface area contributed by atoms with E-state index in [1.165, 1.54) is 11.2 Å². The van der Waals surface area contributed by atoms with Crippen LogP contribution in [-0.2, 0) is 10.3 Å². The summed E-state index contributed by atoms with van der Waals surface area (Å²) >= 11 is 4.31. The number of carbonyl (C=O) groups excluding carboxylic acids is 2. The van der Waals surface area contributed by atoms with Crippen LogP contribution in [0.3, 0.4) is 0 Å². The Morgan fingerprint density at radius 3 is 2.74 bits per heavy atom. The van der Waals surface area contributed by atoms with Crippen molar-refractivity contribution >= 4 is 24.6 Å². The molecule has 2 aliphatic rings. The minimum Gasteiger partial charge on any atom is -0.466 e. The van der Waals surface area contributed by atoms with Crippen molar-refractivity contribution in [1.29, 1.82) is 0 Å². The highest BCUT2D eigenvalue weighted by Gasteiger charge is 2.54. The topological polar surface area (TPSA) is 62.6 Å². The van der Waals surface area contributed by atoms with E-state index in [1.54, 1.807) is 19.1 Å². The summed E-state index contributed by atoms with van der Waals surface area (Å²) in [6, 6.07) is 3.06. The van der Waals surface area contributed by atoms with Crippen LogP contribution in [0.2, 0.25) is 0 Å². The number of hydrogen-bond donors (Lipinski definition) is 2. The average molecular weight is 280 g/mol. The van der Waals surface area contributed by atoms with Gasteiger partial charge >= 0.3 is 6.03 Å². The van der Waals surface area contributed by atoms with Crippen molar-refractivity contribution in [3.05, 3.63) is 24.2 Å². The number of rotatable bonds is 4. The van der Waals surface area contributed by atoms with Crippen LogP contribution in [0.1, 0.15) is 25.5 Å². The number of amides is 3. The van der Waals surface area contributed by atoms with Crippen LogP contribution in [0.25, 0.3) is 0 Å². The Kier molecular flexibility index (Phi) is 2.67. The van der Waals surface area contributed by atoms with Gasteiger partial charge in [-0.1, -0.05) is 0 Å². The van der Waals surface area contributed by atoms with E-state index in [1.807, 2.05) is 0 Å². The molecule has 0 radical (unpaired) electrons. The molecule has 3 amide bonds. The smallest absolute Gasteiger partial charge is 0.325 e.